The molecule has 37 heavy (non-hydrogen) atoms. The van der Waals surface area contributed by atoms with Gasteiger partial charge in [0.2, 0.25) is 0 Å². The zero-order chi connectivity index (χ0) is 26.2. The molecule has 2 N–H and O–H groups in total. The van der Waals surface area contributed by atoms with Crippen LogP contribution >= 0.6 is 0 Å². The molecule has 0 radical (unpaired) electrons. The van der Waals surface area contributed by atoms with E-state index in [1.165, 1.54) is 11.1 Å². The van der Waals surface area contributed by atoms with E-state index in [0.29, 0.717) is 30.5 Å². The van der Waals surface area contributed by atoms with Crippen LogP contribution in [-0.2, 0) is 24.7 Å². The maximum absolute atomic E-state index is 13.6. The van der Waals surface area contributed by atoms with Gasteiger partial charge in [-0.15, -0.1) is 0 Å². The Bertz CT molecular complexity index is 1300. The summed E-state index contributed by atoms with van der Waals surface area (Å²) in [5, 5.41) is 12.5. The molecule has 5 heteroatoms. The molecule has 0 aliphatic carbocycles. The zero-order valence-corrected chi connectivity index (χ0v) is 21.5. The van der Waals surface area contributed by atoms with E-state index in [1.807, 2.05) is 61.0 Å². The van der Waals surface area contributed by atoms with E-state index in [-0.39, 0.29) is 18.1 Å². The Morgan fingerprint density at radius 3 is 2.14 bits per heavy atom. The van der Waals surface area contributed by atoms with Crippen molar-refractivity contribution in [1.29, 1.82) is 0 Å². The number of hydrogen-bond acceptors (Lipinski definition) is 3. The Kier molecular flexibility index (Phi) is 8.57. The second kappa shape index (κ2) is 12.2. The molecule has 190 valence electrons. The minimum Gasteiger partial charge on any atom is -0.481 e. The van der Waals surface area contributed by atoms with Crippen LogP contribution in [0.3, 0.4) is 0 Å². The number of rotatable bonds is 12. The molecule has 0 unspecified atom stereocenters. The van der Waals surface area contributed by atoms with E-state index in [9.17, 15) is 9.59 Å². The number of aryl methyl sites for hydroxylation is 1. The highest BCUT2D eigenvalue weighted by molar-refractivity contribution is 6.10. The minimum atomic E-state index is -0.799. The SMILES string of the molecule is CCc1c(C(=O)c2cccc(NCC(c3ccccc3)c3ccccc3)c2)cc(CCCC(=O)O)n1C. The van der Waals surface area contributed by atoms with Crippen molar-refractivity contribution in [3.05, 3.63) is 125 Å². The molecule has 0 amide bonds. The number of carbonyl (C=O) groups is 2. The summed E-state index contributed by atoms with van der Waals surface area (Å²) in [4.78, 5) is 24.5. The molecule has 1 heterocycles. The lowest BCUT2D eigenvalue weighted by Gasteiger charge is -2.20. The first-order chi connectivity index (χ1) is 18.0. The van der Waals surface area contributed by atoms with Gasteiger partial charge in [-0.3, -0.25) is 9.59 Å². The van der Waals surface area contributed by atoms with Crippen molar-refractivity contribution < 1.29 is 14.7 Å². The number of carboxylic acids is 1. The Morgan fingerprint density at radius 2 is 1.54 bits per heavy atom. The lowest BCUT2D eigenvalue weighted by molar-refractivity contribution is -0.137. The summed E-state index contributed by atoms with van der Waals surface area (Å²) in [6, 6.07) is 30.5. The molecule has 4 aromatic rings. The van der Waals surface area contributed by atoms with Crippen molar-refractivity contribution in [2.45, 2.75) is 38.5 Å². The number of nitrogens with zero attached hydrogens (tertiary/aromatic N) is 1. The van der Waals surface area contributed by atoms with Crippen LogP contribution in [-0.4, -0.2) is 28.0 Å². The van der Waals surface area contributed by atoms with Crippen molar-refractivity contribution in [3.63, 3.8) is 0 Å². The van der Waals surface area contributed by atoms with Crippen LogP contribution in [0, 0.1) is 0 Å². The molecule has 4 rings (SSSR count). The Balaban J connectivity index is 1.53. The lowest BCUT2D eigenvalue weighted by atomic mass is 9.91. The number of aliphatic carboxylic acids is 1. The third-order valence-electron chi connectivity index (χ3n) is 6.90. The number of carbonyl (C=O) groups excluding carboxylic acids is 1. The summed E-state index contributed by atoms with van der Waals surface area (Å²) in [6.07, 6.45) is 2.03. The second-order valence-corrected chi connectivity index (χ2v) is 9.32. The van der Waals surface area contributed by atoms with Crippen LogP contribution in [0.5, 0.6) is 0 Å². The fourth-order valence-electron chi connectivity index (χ4n) is 4.93. The highest BCUT2D eigenvalue weighted by atomic mass is 16.4. The molecule has 5 nitrogen and oxygen atoms in total. The fraction of sp³-hybridized carbons (Fsp3) is 0.250. The largest absolute Gasteiger partial charge is 0.481 e. The standard InChI is InChI=1S/C32H34N2O3/c1-3-30-28(21-27(34(30)2)18-11-19-31(35)36)32(37)25-16-10-17-26(20-25)33-22-29(23-12-6-4-7-13-23)24-14-8-5-9-15-24/h4-10,12-17,20-21,29,33H,3,11,18-19,22H2,1-2H3,(H,35,36). The van der Waals surface area contributed by atoms with E-state index >= 15 is 0 Å². The summed E-state index contributed by atoms with van der Waals surface area (Å²) in [5.74, 6) is -0.633. The van der Waals surface area contributed by atoms with Crippen LogP contribution in [0.1, 0.15) is 64.1 Å². The van der Waals surface area contributed by atoms with Gasteiger partial charge in [0.15, 0.2) is 5.78 Å². The number of ketones is 1. The highest BCUT2D eigenvalue weighted by Crippen LogP contribution is 2.26. The van der Waals surface area contributed by atoms with E-state index in [4.69, 9.17) is 5.11 Å². The van der Waals surface area contributed by atoms with Gasteiger partial charge in [0, 0.05) is 54.1 Å². The number of anilines is 1. The summed E-state index contributed by atoms with van der Waals surface area (Å²) >= 11 is 0. The van der Waals surface area contributed by atoms with Crippen molar-refractivity contribution in [2.24, 2.45) is 7.05 Å². The van der Waals surface area contributed by atoms with E-state index < -0.39 is 5.97 Å². The molecule has 0 saturated carbocycles. The van der Waals surface area contributed by atoms with Gasteiger partial charge < -0.3 is 15.0 Å². The molecule has 0 spiro atoms. The van der Waals surface area contributed by atoms with Crippen LogP contribution < -0.4 is 5.32 Å². The van der Waals surface area contributed by atoms with Gasteiger partial charge in [-0.05, 0) is 48.6 Å². The number of hydrogen-bond donors (Lipinski definition) is 2. The molecule has 0 saturated heterocycles. The van der Waals surface area contributed by atoms with Crippen molar-refractivity contribution in [3.8, 4) is 0 Å². The van der Waals surface area contributed by atoms with Gasteiger partial charge in [0.1, 0.15) is 0 Å². The molecule has 0 atom stereocenters. The first-order valence-corrected chi connectivity index (χ1v) is 12.9. The minimum absolute atomic E-state index is 0.0109. The second-order valence-electron chi connectivity index (χ2n) is 9.32. The molecule has 0 fully saturated rings. The number of carboxylic acid groups (broad SMARTS) is 1. The number of aromatic nitrogens is 1. The highest BCUT2D eigenvalue weighted by Gasteiger charge is 2.20. The van der Waals surface area contributed by atoms with E-state index in [2.05, 4.69) is 53.8 Å². The Labute approximate surface area is 218 Å². The first kappa shape index (κ1) is 26.0. The van der Waals surface area contributed by atoms with Gasteiger partial charge in [-0.1, -0.05) is 79.7 Å². The predicted octanol–water partition coefficient (Wildman–Crippen LogP) is 6.47. The molecule has 0 aliphatic rings. The molecule has 3 aromatic carbocycles. The topological polar surface area (TPSA) is 71.3 Å². The van der Waals surface area contributed by atoms with Gasteiger partial charge in [0.25, 0.3) is 0 Å². The van der Waals surface area contributed by atoms with Crippen LogP contribution in [0.15, 0.2) is 91.0 Å². The Hall–Kier alpha value is -4.12. The third kappa shape index (κ3) is 6.36. The van der Waals surface area contributed by atoms with Gasteiger partial charge in [-0.25, -0.2) is 0 Å². The predicted molar refractivity (Wildman–Crippen MR) is 148 cm³/mol. The molecule has 0 bridgehead atoms. The van der Waals surface area contributed by atoms with Crippen molar-refractivity contribution in [1.82, 2.24) is 4.57 Å². The normalized spacial score (nSPS) is 11.0. The molecular formula is C32H34N2O3. The number of benzene rings is 3. The Morgan fingerprint density at radius 1 is 0.892 bits per heavy atom. The summed E-state index contributed by atoms with van der Waals surface area (Å²) in [7, 11) is 1.96. The van der Waals surface area contributed by atoms with Crippen LogP contribution in [0.25, 0.3) is 0 Å². The van der Waals surface area contributed by atoms with E-state index in [1.54, 1.807) is 0 Å². The van der Waals surface area contributed by atoms with Crippen LogP contribution in [0.4, 0.5) is 5.69 Å². The summed E-state index contributed by atoms with van der Waals surface area (Å²) in [5.41, 5.74) is 6.67. The van der Waals surface area contributed by atoms with Crippen molar-refractivity contribution in [2.75, 3.05) is 11.9 Å². The quantitative estimate of drug-likeness (QED) is 0.221. The first-order valence-electron chi connectivity index (χ1n) is 12.9. The summed E-state index contributed by atoms with van der Waals surface area (Å²) in [6.45, 7) is 2.74. The maximum atomic E-state index is 13.6. The van der Waals surface area contributed by atoms with Gasteiger partial charge >= 0.3 is 5.97 Å². The zero-order valence-electron chi connectivity index (χ0n) is 21.5. The number of nitrogens with one attached hydrogen (secondary N) is 1. The molecular weight excluding hydrogens is 460 g/mol. The smallest absolute Gasteiger partial charge is 0.303 e. The average Bonchev–Trinajstić information content (AvgIpc) is 3.24. The summed E-state index contributed by atoms with van der Waals surface area (Å²) < 4.78 is 2.04. The molecule has 1 aromatic heterocycles. The van der Waals surface area contributed by atoms with Crippen LogP contribution in [0.2, 0.25) is 0 Å². The fourth-order valence-corrected chi connectivity index (χ4v) is 4.93. The monoisotopic (exact) mass is 494 g/mol. The van der Waals surface area contributed by atoms with Crippen molar-refractivity contribution >= 4 is 17.4 Å². The van der Waals surface area contributed by atoms with Gasteiger partial charge in [-0.2, -0.15) is 0 Å². The van der Waals surface area contributed by atoms with Gasteiger partial charge in [0.05, 0.1) is 0 Å². The molecule has 0 aliphatic heterocycles. The maximum Gasteiger partial charge on any atom is 0.303 e. The average molecular weight is 495 g/mol. The van der Waals surface area contributed by atoms with E-state index in [0.717, 1.165) is 23.5 Å². The lowest BCUT2D eigenvalue weighted by Crippen LogP contribution is -2.14. The third-order valence-corrected chi connectivity index (χ3v) is 6.90.